The Morgan fingerprint density at radius 3 is 2.13 bits per heavy atom. The zero-order valence-electron chi connectivity index (χ0n) is 18.2. The van der Waals surface area contributed by atoms with E-state index in [9.17, 15) is 35.1 Å². The maximum absolute atomic E-state index is 12.5. The number of phenols is 2. The van der Waals surface area contributed by atoms with Crippen molar-refractivity contribution in [2.24, 2.45) is 5.92 Å². The Bertz CT molecular complexity index is 941. The molecule has 0 radical (unpaired) electrons. The summed E-state index contributed by atoms with van der Waals surface area (Å²) < 4.78 is 5.23. The second kappa shape index (κ2) is 9.87. The molecule has 31 heavy (non-hydrogen) atoms. The quantitative estimate of drug-likeness (QED) is 0.371. The summed E-state index contributed by atoms with van der Waals surface area (Å²) in [6.07, 6.45) is -0.628. The number of aliphatic hydroxyl groups is 3. The van der Waals surface area contributed by atoms with Crippen molar-refractivity contribution in [1.29, 1.82) is 0 Å². The highest BCUT2D eigenvalue weighted by atomic mass is 16.5. The van der Waals surface area contributed by atoms with E-state index in [1.165, 1.54) is 20.1 Å². The normalized spacial score (nSPS) is 19.0. The number of Topliss-reactive ketones (excluding diaryl/α,β-unsaturated/α-hetero) is 2. The van der Waals surface area contributed by atoms with E-state index in [-0.39, 0.29) is 53.0 Å². The number of aliphatic hydroxyl groups excluding tert-OH is 3. The third-order valence-corrected chi connectivity index (χ3v) is 5.49. The van der Waals surface area contributed by atoms with Crippen LogP contribution in [0, 0.1) is 5.92 Å². The van der Waals surface area contributed by atoms with Crippen LogP contribution < -0.4 is 4.74 Å². The fourth-order valence-corrected chi connectivity index (χ4v) is 3.78. The summed E-state index contributed by atoms with van der Waals surface area (Å²) in [5, 5.41) is 52.8. The molecular weight excluding hydrogens is 404 g/mol. The Balaban J connectivity index is 2.60. The molecule has 1 aromatic rings. The number of ether oxygens (including phenoxy) is 1. The van der Waals surface area contributed by atoms with Gasteiger partial charge in [0.05, 0.1) is 18.6 Å². The summed E-state index contributed by atoms with van der Waals surface area (Å²) in [5.74, 6) is -3.48. The van der Waals surface area contributed by atoms with E-state index in [4.69, 9.17) is 4.74 Å². The van der Waals surface area contributed by atoms with E-state index in [0.29, 0.717) is 12.8 Å². The predicted octanol–water partition coefficient (Wildman–Crippen LogP) is 3.64. The lowest BCUT2D eigenvalue weighted by Gasteiger charge is -2.29. The SMILES string of the molecule is CCCC(=O)C1=C(O)[C@H](C)C(O)=C(Cc2c(OC)cc(O)c(C(=O)CCC)c2O)[C@H]1O. The number of carbonyl (C=O) groups is 2. The Morgan fingerprint density at radius 1 is 1.00 bits per heavy atom. The maximum Gasteiger partial charge on any atom is 0.170 e. The highest BCUT2D eigenvalue weighted by Crippen LogP contribution is 2.43. The zero-order valence-corrected chi connectivity index (χ0v) is 18.2. The molecule has 1 aromatic carbocycles. The van der Waals surface area contributed by atoms with Gasteiger partial charge >= 0.3 is 0 Å². The van der Waals surface area contributed by atoms with Crippen molar-refractivity contribution in [2.75, 3.05) is 7.11 Å². The summed E-state index contributed by atoms with van der Waals surface area (Å²) in [4.78, 5) is 24.9. The van der Waals surface area contributed by atoms with Crippen molar-refractivity contribution in [3.63, 3.8) is 0 Å². The third kappa shape index (κ3) is 4.54. The minimum absolute atomic E-state index is 0.00191. The monoisotopic (exact) mass is 434 g/mol. The number of ketones is 2. The molecule has 0 spiro atoms. The van der Waals surface area contributed by atoms with Gasteiger partial charge in [-0.25, -0.2) is 0 Å². The van der Waals surface area contributed by atoms with E-state index < -0.39 is 40.8 Å². The van der Waals surface area contributed by atoms with E-state index >= 15 is 0 Å². The summed E-state index contributed by atoms with van der Waals surface area (Å²) in [5.41, 5.74) is -0.396. The van der Waals surface area contributed by atoms with Crippen LogP contribution in [0.1, 0.15) is 62.4 Å². The van der Waals surface area contributed by atoms with E-state index in [2.05, 4.69) is 0 Å². The largest absolute Gasteiger partial charge is 0.511 e. The maximum atomic E-state index is 12.5. The van der Waals surface area contributed by atoms with Crippen LogP contribution in [0.3, 0.4) is 0 Å². The van der Waals surface area contributed by atoms with Crippen molar-refractivity contribution >= 4 is 11.6 Å². The van der Waals surface area contributed by atoms with Gasteiger partial charge in [-0.1, -0.05) is 13.8 Å². The first-order valence-corrected chi connectivity index (χ1v) is 10.3. The first-order valence-electron chi connectivity index (χ1n) is 10.3. The molecule has 8 heteroatoms. The Morgan fingerprint density at radius 2 is 1.58 bits per heavy atom. The molecule has 1 aliphatic carbocycles. The molecule has 0 heterocycles. The van der Waals surface area contributed by atoms with Crippen molar-refractivity contribution < 1.29 is 39.9 Å². The highest BCUT2D eigenvalue weighted by molar-refractivity contribution is 6.02. The lowest BCUT2D eigenvalue weighted by Crippen LogP contribution is -2.31. The van der Waals surface area contributed by atoms with Gasteiger partial charge in [-0.05, 0) is 19.8 Å². The molecule has 0 saturated heterocycles. The van der Waals surface area contributed by atoms with Gasteiger partial charge in [0.25, 0.3) is 0 Å². The molecule has 0 saturated carbocycles. The molecule has 0 bridgehead atoms. The first kappa shape index (κ1) is 24.3. The molecule has 5 N–H and O–H groups in total. The van der Waals surface area contributed by atoms with Crippen LogP contribution in [0.2, 0.25) is 0 Å². The average molecular weight is 434 g/mol. The second-order valence-electron chi connectivity index (χ2n) is 7.66. The average Bonchev–Trinajstić information content (AvgIpc) is 2.71. The second-order valence-corrected chi connectivity index (χ2v) is 7.66. The lowest BCUT2D eigenvalue weighted by molar-refractivity contribution is -0.116. The number of hydrogen-bond donors (Lipinski definition) is 5. The number of methoxy groups -OCH3 is 1. The Labute approximate surface area is 181 Å². The molecule has 0 fully saturated rings. The molecule has 2 rings (SSSR count). The summed E-state index contributed by atoms with van der Waals surface area (Å²) in [6.45, 7) is 5.06. The van der Waals surface area contributed by atoms with Crippen LogP contribution in [-0.4, -0.2) is 50.3 Å². The van der Waals surface area contributed by atoms with Crippen LogP contribution in [0.15, 0.2) is 28.7 Å². The van der Waals surface area contributed by atoms with Gasteiger partial charge in [0, 0.05) is 36.5 Å². The smallest absolute Gasteiger partial charge is 0.170 e. The fourth-order valence-electron chi connectivity index (χ4n) is 3.78. The molecule has 170 valence electrons. The first-order chi connectivity index (χ1) is 14.6. The number of hydrogen-bond acceptors (Lipinski definition) is 8. The van der Waals surface area contributed by atoms with Gasteiger partial charge in [0.15, 0.2) is 11.6 Å². The lowest BCUT2D eigenvalue weighted by atomic mass is 9.80. The van der Waals surface area contributed by atoms with Gasteiger partial charge in [0.2, 0.25) is 0 Å². The highest BCUT2D eigenvalue weighted by Gasteiger charge is 2.37. The van der Waals surface area contributed by atoms with Crippen molar-refractivity contribution in [3.05, 3.63) is 39.9 Å². The van der Waals surface area contributed by atoms with Crippen molar-refractivity contribution in [1.82, 2.24) is 0 Å². The molecule has 0 aromatic heterocycles. The number of rotatable bonds is 9. The van der Waals surface area contributed by atoms with E-state index in [1.807, 2.05) is 0 Å². The standard InChI is InChI=1S/C23H30O8/c1-5-7-14(24)18-16(26)10-17(31-4)12(22(18)29)9-13-20(27)11(3)21(28)19(23(13)30)15(25)8-6-2/h10-11,23,26-30H,5-9H2,1-4H3/t11-,23-/m1/s1. The van der Waals surface area contributed by atoms with E-state index in [1.54, 1.807) is 13.8 Å². The molecule has 1 aliphatic rings. The van der Waals surface area contributed by atoms with Gasteiger partial charge in [-0.15, -0.1) is 0 Å². The number of phenolic OH excluding ortho intramolecular Hbond substituents is 2. The van der Waals surface area contributed by atoms with Crippen LogP contribution in [-0.2, 0) is 11.2 Å². The van der Waals surface area contributed by atoms with Gasteiger partial charge in [0.1, 0.15) is 40.4 Å². The van der Waals surface area contributed by atoms with E-state index in [0.717, 1.165) is 0 Å². The van der Waals surface area contributed by atoms with Crippen LogP contribution in [0.25, 0.3) is 0 Å². The van der Waals surface area contributed by atoms with Gasteiger partial charge in [-0.2, -0.15) is 0 Å². The number of benzene rings is 1. The third-order valence-electron chi connectivity index (χ3n) is 5.49. The molecule has 2 atom stereocenters. The number of carbonyl (C=O) groups excluding carboxylic acids is 2. The van der Waals surface area contributed by atoms with Crippen LogP contribution in [0.5, 0.6) is 17.2 Å². The van der Waals surface area contributed by atoms with Gasteiger partial charge < -0.3 is 30.3 Å². The van der Waals surface area contributed by atoms with Gasteiger partial charge in [-0.3, -0.25) is 9.59 Å². The molecule has 0 unspecified atom stereocenters. The van der Waals surface area contributed by atoms with Crippen molar-refractivity contribution in [3.8, 4) is 17.2 Å². The van der Waals surface area contributed by atoms with Crippen LogP contribution >= 0.6 is 0 Å². The van der Waals surface area contributed by atoms with Crippen LogP contribution in [0.4, 0.5) is 0 Å². The molecule has 0 amide bonds. The summed E-state index contributed by atoms with van der Waals surface area (Å²) in [6, 6.07) is 1.19. The predicted molar refractivity (Wildman–Crippen MR) is 114 cm³/mol. The zero-order chi connectivity index (χ0) is 23.5. The minimum atomic E-state index is -1.59. The van der Waals surface area contributed by atoms with Crippen molar-refractivity contribution in [2.45, 2.75) is 59.0 Å². The molecule has 8 nitrogen and oxygen atoms in total. The fraction of sp³-hybridized carbons (Fsp3) is 0.478. The minimum Gasteiger partial charge on any atom is -0.511 e. The molecule has 0 aliphatic heterocycles. The Hall–Kier alpha value is -3.00. The summed E-state index contributed by atoms with van der Waals surface area (Å²) in [7, 11) is 1.31. The topological polar surface area (TPSA) is 145 Å². The summed E-state index contributed by atoms with van der Waals surface area (Å²) >= 11 is 0. The Kier molecular flexibility index (Phi) is 7.73. The molecular formula is C23H30O8. The number of aromatic hydroxyl groups is 2.